The van der Waals surface area contributed by atoms with Gasteiger partial charge in [-0.2, -0.15) is 0 Å². The molecule has 0 aromatic carbocycles. The molecule has 0 radical (unpaired) electrons. The molecule has 0 saturated heterocycles. The smallest absolute Gasteiger partial charge is 0.134 e. The maximum absolute atomic E-state index is 5.86. The molecular weight excluding hydrogens is 222 g/mol. The lowest BCUT2D eigenvalue weighted by Crippen LogP contribution is -2.16. The van der Waals surface area contributed by atoms with Gasteiger partial charge in [0.1, 0.15) is 16.8 Å². The molecule has 0 aliphatic rings. The fraction of sp³-hybridized carbons (Fsp3) is 0.500. The van der Waals surface area contributed by atoms with Gasteiger partial charge in [0.05, 0.1) is 0 Å². The standard InChI is InChI=1S/C12H18ClN3/c1-4-5-6-7-9(2)14-12-8-11(13)15-10(3)16-12/h4,8-9H,1,5-7H2,2-3H3,(H,14,15,16). The maximum atomic E-state index is 5.86. The highest BCUT2D eigenvalue weighted by atomic mass is 35.5. The Kier molecular flexibility index (Phi) is 5.26. The van der Waals surface area contributed by atoms with Crippen molar-refractivity contribution in [2.75, 3.05) is 5.32 Å². The quantitative estimate of drug-likeness (QED) is 0.468. The first-order valence-corrected chi connectivity index (χ1v) is 5.88. The van der Waals surface area contributed by atoms with Gasteiger partial charge in [-0.15, -0.1) is 6.58 Å². The van der Waals surface area contributed by atoms with Gasteiger partial charge in [0.15, 0.2) is 0 Å². The summed E-state index contributed by atoms with van der Waals surface area (Å²) < 4.78 is 0. The summed E-state index contributed by atoms with van der Waals surface area (Å²) in [6, 6.07) is 2.13. The van der Waals surface area contributed by atoms with Crippen molar-refractivity contribution >= 4 is 17.4 Å². The van der Waals surface area contributed by atoms with Crippen molar-refractivity contribution in [3.8, 4) is 0 Å². The van der Waals surface area contributed by atoms with Crippen LogP contribution in [0.3, 0.4) is 0 Å². The van der Waals surface area contributed by atoms with E-state index >= 15 is 0 Å². The highest BCUT2D eigenvalue weighted by molar-refractivity contribution is 6.29. The number of hydrogen-bond donors (Lipinski definition) is 1. The fourth-order valence-corrected chi connectivity index (χ4v) is 1.72. The fourth-order valence-electron chi connectivity index (χ4n) is 1.50. The second-order valence-corrected chi connectivity index (χ2v) is 4.28. The first-order chi connectivity index (χ1) is 7.61. The average molecular weight is 240 g/mol. The van der Waals surface area contributed by atoms with Crippen LogP contribution >= 0.6 is 11.6 Å². The molecule has 1 atom stereocenters. The molecule has 0 aliphatic carbocycles. The van der Waals surface area contributed by atoms with Crippen molar-refractivity contribution in [2.45, 2.75) is 39.2 Å². The summed E-state index contributed by atoms with van der Waals surface area (Å²) in [6.07, 6.45) is 5.22. The average Bonchev–Trinajstić information content (AvgIpc) is 2.16. The Bertz CT molecular complexity index is 332. The molecule has 1 heterocycles. The molecular formula is C12H18ClN3. The van der Waals surface area contributed by atoms with Crippen LogP contribution in [-0.2, 0) is 0 Å². The van der Waals surface area contributed by atoms with E-state index in [-0.39, 0.29) is 0 Å². The van der Waals surface area contributed by atoms with E-state index in [2.05, 4.69) is 28.8 Å². The van der Waals surface area contributed by atoms with Crippen molar-refractivity contribution < 1.29 is 0 Å². The highest BCUT2D eigenvalue weighted by Crippen LogP contribution is 2.13. The minimum Gasteiger partial charge on any atom is -0.367 e. The summed E-state index contributed by atoms with van der Waals surface area (Å²) in [5.74, 6) is 1.48. The molecule has 1 aromatic rings. The van der Waals surface area contributed by atoms with Gasteiger partial charge in [-0.1, -0.05) is 17.7 Å². The van der Waals surface area contributed by atoms with Crippen molar-refractivity contribution in [3.05, 3.63) is 29.7 Å². The number of rotatable bonds is 6. The normalized spacial score (nSPS) is 12.2. The first kappa shape index (κ1) is 13.0. The van der Waals surface area contributed by atoms with Crippen molar-refractivity contribution in [3.63, 3.8) is 0 Å². The number of hydrogen-bond acceptors (Lipinski definition) is 3. The van der Waals surface area contributed by atoms with Gasteiger partial charge in [-0.3, -0.25) is 0 Å². The maximum Gasteiger partial charge on any atom is 0.134 e. The van der Waals surface area contributed by atoms with Crippen LogP contribution in [0.15, 0.2) is 18.7 Å². The number of anilines is 1. The van der Waals surface area contributed by atoms with E-state index in [0.717, 1.165) is 25.1 Å². The van der Waals surface area contributed by atoms with E-state index in [1.807, 2.05) is 13.0 Å². The van der Waals surface area contributed by atoms with Crippen LogP contribution in [0.1, 0.15) is 32.0 Å². The Morgan fingerprint density at radius 3 is 2.94 bits per heavy atom. The summed E-state index contributed by atoms with van der Waals surface area (Å²) in [7, 11) is 0. The third kappa shape index (κ3) is 4.62. The molecule has 3 nitrogen and oxygen atoms in total. The summed E-state index contributed by atoms with van der Waals surface area (Å²) in [6.45, 7) is 7.67. The van der Waals surface area contributed by atoms with Gasteiger partial charge in [-0.05, 0) is 33.1 Å². The molecule has 1 aromatic heterocycles. The molecule has 4 heteroatoms. The van der Waals surface area contributed by atoms with Crippen LogP contribution in [0.5, 0.6) is 0 Å². The van der Waals surface area contributed by atoms with Crippen LogP contribution < -0.4 is 5.32 Å². The van der Waals surface area contributed by atoms with Gasteiger partial charge >= 0.3 is 0 Å². The van der Waals surface area contributed by atoms with Gasteiger partial charge in [0.2, 0.25) is 0 Å². The second-order valence-electron chi connectivity index (χ2n) is 3.89. The Balaban J connectivity index is 2.48. The topological polar surface area (TPSA) is 37.8 Å². The van der Waals surface area contributed by atoms with E-state index < -0.39 is 0 Å². The largest absolute Gasteiger partial charge is 0.367 e. The van der Waals surface area contributed by atoms with E-state index in [0.29, 0.717) is 17.0 Å². The van der Waals surface area contributed by atoms with Crippen molar-refractivity contribution in [1.29, 1.82) is 0 Å². The summed E-state index contributed by atoms with van der Waals surface area (Å²) in [5.41, 5.74) is 0. The van der Waals surface area contributed by atoms with Crippen molar-refractivity contribution in [2.24, 2.45) is 0 Å². The molecule has 1 unspecified atom stereocenters. The van der Waals surface area contributed by atoms with Gasteiger partial charge in [-0.25, -0.2) is 9.97 Å². The number of halogens is 1. The van der Waals surface area contributed by atoms with E-state index in [1.54, 1.807) is 6.07 Å². The minimum absolute atomic E-state index is 0.380. The zero-order valence-corrected chi connectivity index (χ0v) is 10.6. The van der Waals surface area contributed by atoms with Crippen LogP contribution in [0, 0.1) is 6.92 Å². The second kappa shape index (κ2) is 6.48. The monoisotopic (exact) mass is 239 g/mol. The molecule has 0 bridgehead atoms. The Hall–Kier alpha value is -1.09. The molecule has 0 amide bonds. The molecule has 0 spiro atoms. The van der Waals surface area contributed by atoms with Crippen LogP contribution in [0.2, 0.25) is 5.15 Å². The van der Waals surface area contributed by atoms with Gasteiger partial charge in [0, 0.05) is 12.1 Å². The summed E-state index contributed by atoms with van der Waals surface area (Å²) >= 11 is 5.86. The number of nitrogens with one attached hydrogen (secondary N) is 1. The van der Waals surface area contributed by atoms with Gasteiger partial charge < -0.3 is 5.32 Å². The van der Waals surface area contributed by atoms with Crippen LogP contribution in [-0.4, -0.2) is 16.0 Å². The van der Waals surface area contributed by atoms with Crippen LogP contribution in [0.25, 0.3) is 0 Å². The van der Waals surface area contributed by atoms with E-state index in [9.17, 15) is 0 Å². The lowest BCUT2D eigenvalue weighted by molar-refractivity contribution is 0.660. The number of allylic oxidation sites excluding steroid dienone is 1. The predicted octanol–water partition coefficient (Wildman–Crippen LogP) is 3.60. The van der Waals surface area contributed by atoms with E-state index in [1.165, 1.54) is 0 Å². The molecule has 0 saturated carbocycles. The zero-order valence-electron chi connectivity index (χ0n) is 9.83. The predicted molar refractivity (Wildman–Crippen MR) is 68.9 cm³/mol. The van der Waals surface area contributed by atoms with E-state index in [4.69, 9.17) is 11.6 Å². The lowest BCUT2D eigenvalue weighted by atomic mass is 10.1. The van der Waals surface area contributed by atoms with Crippen LogP contribution in [0.4, 0.5) is 5.82 Å². The Labute approximate surface area is 102 Å². The molecule has 88 valence electrons. The zero-order chi connectivity index (χ0) is 12.0. The number of aromatic nitrogens is 2. The molecule has 16 heavy (non-hydrogen) atoms. The third-order valence-corrected chi connectivity index (χ3v) is 2.44. The Morgan fingerprint density at radius 2 is 2.31 bits per heavy atom. The molecule has 0 fully saturated rings. The SMILES string of the molecule is C=CCCCC(C)Nc1cc(Cl)nc(C)n1. The summed E-state index contributed by atoms with van der Waals surface area (Å²) in [4.78, 5) is 8.29. The molecule has 0 aliphatic heterocycles. The highest BCUT2D eigenvalue weighted by Gasteiger charge is 2.04. The number of unbranched alkanes of at least 4 members (excludes halogenated alkanes) is 1. The number of aryl methyl sites for hydroxylation is 1. The lowest BCUT2D eigenvalue weighted by Gasteiger charge is -2.14. The first-order valence-electron chi connectivity index (χ1n) is 5.50. The van der Waals surface area contributed by atoms with Crippen molar-refractivity contribution in [1.82, 2.24) is 9.97 Å². The molecule has 1 N–H and O–H groups in total. The summed E-state index contributed by atoms with van der Waals surface area (Å²) in [5, 5.41) is 3.79. The molecule has 1 rings (SSSR count). The number of nitrogens with zero attached hydrogens (tertiary/aromatic N) is 2. The third-order valence-electron chi connectivity index (χ3n) is 2.25. The Morgan fingerprint density at radius 1 is 1.56 bits per heavy atom. The minimum atomic E-state index is 0.380. The van der Waals surface area contributed by atoms with Gasteiger partial charge in [0.25, 0.3) is 0 Å².